The van der Waals surface area contributed by atoms with E-state index in [9.17, 15) is 5.11 Å². The van der Waals surface area contributed by atoms with Crippen molar-refractivity contribution < 1.29 is 5.11 Å². The summed E-state index contributed by atoms with van der Waals surface area (Å²) in [5.41, 5.74) is 1.39. The van der Waals surface area contributed by atoms with Crippen molar-refractivity contribution >= 4 is 0 Å². The highest BCUT2D eigenvalue weighted by Gasteiger charge is 2.35. The third-order valence-corrected chi connectivity index (χ3v) is 3.72. The van der Waals surface area contributed by atoms with Crippen LogP contribution in [0.4, 0.5) is 0 Å². The molecule has 1 fully saturated rings. The van der Waals surface area contributed by atoms with Gasteiger partial charge in [0, 0.05) is 0 Å². The summed E-state index contributed by atoms with van der Waals surface area (Å²) < 4.78 is 0. The maximum atomic E-state index is 9.99. The van der Waals surface area contributed by atoms with E-state index in [1.165, 1.54) is 5.57 Å². The summed E-state index contributed by atoms with van der Waals surface area (Å²) in [5, 5.41) is 9.99. The van der Waals surface area contributed by atoms with Crippen LogP contribution in [0.15, 0.2) is 12.2 Å². The Bertz CT molecular complexity index is 215. The molecule has 1 aliphatic rings. The Morgan fingerprint density at radius 2 is 2.00 bits per heavy atom. The first-order chi connectivity index (χ1) is 6.34. The van der Waals surface area contributed by atoms with Crippen LogP contribution < -0.4 is 0 Å². The van der Waals surface area contributed by atoms with Crippen LogP contribution in [0, 0.1) is 17.3 Å². The molecule has 1 saturated carbocycles. The second-order valence-corrected chi connectivity index (χ2v) is 5.76. The van der Waals surface area contributed by atoms with Crippen molar-refractivity contribution in [3.8, 4) is 0 Å². The van der Waals surface area contributed by atoms with Crippen LogP contribution in [0.25, 0.3) is 0 Å². The quantitative estimate of drug-likeness (QED) is 0.503. The van der Waals surface area contributed by atoms with Crippen molar-refractivity contribution in [3.05, 3.63) is 12.2 Å². The Morgan fingerprint density at radius 1 is 1.43 bits per heavy atom. The van der Waals surface area contributed by atoms with Crippen molar-refractivity contribution in [1.82, 2.24) is 0 Å². The fraction of sp³-hybridized carbons (Fsp3) is 0.846. The molecule has 0 bridgehead atoms. The average molecular weight is 196 g/mol. The summed E-state index contributed by atoms with van der Waals surface area (Å²) in [7, 11) is 0. The Morgan fingerprint density at radius 3 is 2.50 bits per heavy atom. The summed E-state index contributed by atoms with van der Waals surface area (Å²) >= 11 is 0. The largest absolute Gasteiger partial charge is 0.393 e. The number of allylic oxidation sites excluding steroid dienone is 1. The predicted octanol–water partition coefficient (Wildman–Crippen LogP) is 3.39. The van der Waals surface area contributed by atoms with Crippen molar-refractivity contribution in [3.63, 3.8) is 0 Å². The van der Waals surface area contributed by atoms with Crippen molar-refractivity contribution in [2.75, 3.05) is 0 Å². The minimum atomic E-state index is -0.164. The molecule has 1 nitrogen and oxygen atoms in total. The van der Waals surface area contributed by atoms with Crippen LogP contribution in [0.5, 0.6) is 0 Å². The molecule has 0 amide bonds. The molecule has 14 heavy (non-hydrogen) atoms. The molecule has 0 aliphatic heterocycles. The smallest absolute Gasteiger partial charge is 0.0594 e. The van der Waals surface area contributed by atoms with Crippen molar-refractivity contribution in [2.45, 2.75) is 53.1 Å². The van der Waals surface area contributed by atoms with Gasteiger partial charge in [-0.05, 0) is 36.5 Å². The van der Waals surface area contributed by atoms with Gasteiger partial charge < -0.3 is 5.11 Å². The highest BCUT2D eigenvalue weighted by atomic mass is 16.3. The van der Waals surface area contributed by atoms with Crippen LogP contribution in [-0.2, 0) is 0 Å². The van der Waals surface area contributed by atoms with Gasteiger partial charge in [-0.3, -0.25) is 0 Å². The van der Waals surface area contributed by atoms with Gasteiger partial charge in [0.05, 0.1) is 6.10 Å². The van der Waals surface area contributed by atoms with E-state index in [-0.39, 0.29) is 11.5 Å². The van der Waals surface area contributed by atoms with Crippen molar-refractivity contribution in [2.24, 2.45) is 17.3 Å². The topological polar surface area (TPSA) is 20.2 Å². The maximum absolute atomic E-state index is 9.99. The zero-order valence-corrected chi connectivity index (χ0v) is 10.0. The summed E-state index contributed by atoms with van der Waals surface area (Å²) in [6.07, 6.45) is 2.79. The Balaban J connectivity index is 2.83. The van der Waals surface area contributed by atoms with Gasteiger partial charge in [0.25, 0.3) is 0 Å². The molecule has 0 radical (unpaired) electrons. The fourth-order valence-corrected chi connectivity index (χ4v) is 2.45. The SMILES string of the molecule is C=C1CCC(O)C(C)(C)CC1C(C)C. The zero-order valence-electron chi connectivity index (χ0n) is 10.0. The minimum Gasteiger partial charge on any atom is -0.393 e. The molecule has 1 N–H and O–H groups in total. The second kappa shape index (κ2) is 4.06. The summed E-state index contributed by atoms with van der Waals surface area (Å²) in [5.74, 6) is 1.23. The summed E-state index contributed by atoms with van der Waals surface area (Å²) in [6, 6.07) is 0. The number of hydrogen-bond acceptors (Lipinski definition) is 1. The molecule has 1 rings (SSSR count). The molecule has 1 heteroatoms. The lowest BCUT2D eigenvalue weighted by atomic mass is 9.75. The number of aliphatic hydroxyl groups is 1. The molecule has 1 aliphatic carbocycles. The van der Waals surface area contributed by atoms with E-state index in [1.54, 1.807) is 0 Å². The van der Waals surface area contributed by atoms with Gasteiger partial charge in [-0.25, -0.2) is 0 Å². The molecule has 0 aromatic heterocycles. The minimum absolute atomic E-state index is 0.0500. The number of rotatable bonds is 1. The molecule has 82 valence electrons. The van der Waals surface area contributed by atoms with Gasteiger partial charge in [-0.1, -0.05) is 39.8 Å². The third kappa shape index (κ3) is 2.38. The van der Waals surface area contributed by atoms with Crippen LogP contribution in [0.3, 0.4) is 0 Å². The predicted molar refractivity (Wildman–Crippen MR) is 61.1 cm³/mol. The number of hydrogen-bond donors (Lipinski definition) is 1. The lowest BCUT2D eigenvalue weighted by Crippen LogP contribution is -2.30. The standard InChI is InChI=1S/C13H24O/c1-9(2)11-8-13(4,5)12(14)7-6-10(11)3/h9,11-12,14H,3,6-8H2,1-2,4-5H3. The van der Waals surface area contributed by atoms with E-state index in [2.05, 4.69) is 34.3 Å². The molecule has 0 spiro atoms. The van der Waals surface area contributed by atoms with Crippen LogP contribution in [0.2, 0.25) is 0 Å². The highest BCUT2D eigenvalue weighted by Crippen LogP contribution is 2.42. The molecule has 0 aromatic rings. The Kier molecular flexibility index (Phi) is 3.41. The molecular formula is C13H24O. The van der Waals surface area contributed by atoms with Crippen LogP contribution in [0.1, 0.15) is 47.0 Å². The van der Waals surface area contributed by atoms with E-state index in [4.69, 9.17) is 0 Å². The zero-order chi connectivity index (χ0) is 10.9. The fourth-order valence-electron chi connectivity index (χ4n) is 2.45. The van der Waals surface area contributed by atoms with Gasteiger partial charge >= 0.3 is 0 Å². The van der Waals surface area contributed by atoms with Crippen LogP contribution >= 0.6 is 0 Å². The van der Waals surface area contributed by atoms with Gasteiger partial charge in [0.2, 0.25) is 0 Å². The molecular weight excluding hydrogens is 172 g/mol. The first kappa shape index (κ1) is 11.8. The van der Waals surface area contributed by atoms with E-state index in [0.29, 0.717) is 11.8 Å². The Labute approximate surface area is 88.2 Å². The molecule has 0 saturated heterocycles. The maximum Gasteiger partial charge on any atom is 0.0594 e. The third-order valence-electron chi connectivity index (χ3n) is 3.72. The lowest BCUT2D eigenvalue weighted by molar-refractivity contribution is 0.0356. The molecule has 0 aromatic carbocycles. The summed E-state index contributed by atoms with van der Waals surface area (Å²) in [6.45, 7) is 13.0. The summed E-state index contributed by atoms with van der Waals surface area (Å²) in [4.78, 5) is 0. The monoisotopic (exact) mass is 196 g/mol. The second-order valence-electron chi connectivity index (χ2n) is 5.76. The van der Waals surface area contributed by atoms with Crippen LogP contribution in [-0.4, -0.2) is 11.2 Å². The normalized spacial score (nSPS) is 33.1. The van der Waals surface area contributed by atoms with Gasteiger partial charge in [0.15, 0.2) is 0 Å². The number of aliphatic hydroxyl groups excluding tert-OH is 1. The van der Waals surface area contributed by atoms with E-state index in [1.807, 2.05) is 0 Å². The van der Waals surface area contributed by atoms with E-state index in [0.717, 1.165) is 19.3 Å². The molecule has 2 atom stereocenters. The van der Waals surface area contributed by atoms with Gasteiger partial charge in [0.1, 0.15) is 0 Å². The first-order valence-electron chi connectivity index (χ1n) is 5.70. The Hall–Kier alpha value is -0.300. The highest BCUT2D eigenvalue weighted by molar-refractivity contribution is 5.07. The molecule has 2 unspecified atom stereocenters. The van der Waals surface area contributed by atoms with Gasteiger partial charge in [-0.15, -0.1) is 0 Å². The van der Waals surface area contributed by atoms with E-state index >= 15 is 0 Å². The first-order valence-corrected chi connectivity index (χ1v) is 5.70. The molecule has 0 heterocycles. The van der Waals surface area contributed by atoms with Gasteiger partial charge in [-0.2, -0.15) is 0 Å². The lowest BCUT2D eigenvalue weighted by Gasteiger charge is -2.32. The van der Waals surface area contributed by atoms with Crippen molar-refractivity contribution in [1.29, 1.82) is 0 Å². The average Bonchev–Trinajstić information content (AvgIpc) is 2.16. The van der Waals surface area contributed by atoms with E-state index < -0.39 is 0 Å².